The third kappa shape index (κ3) is 4.59. The number of nitrogens with zero attached hydrogens (tertiary/aromatic N) is 1. The Morgan fingerprint density at radius 1 is 1.32 bits per heavy atom. The summed E-state index contributed by atoms with van der Waals surface area (Å²) in [6.07, 6.45) is 2.80. The molecule has 0 aliphatic heterocycles. The number of hydrogen-bond acceptors (Lipinski definition) is 3. The summed E-state index contributed by atoms with van der Waals surface area (Å²) in [4.78, 5) is 13.5. The van der Waals surface area contributed by atoms with Crippen LogP contribution in [0.15, 0.2) is 18.2 Å². The van der Waals surface area contributed by atoms with Crippen LogP contribution in [0, 0.1) is 5.82 Å². The van der Waals surface area contributed by atoms with Crippen LogP contribution in [0.1, 0.15) is 31.2 Å². The van der Waals surface area contributed by atoms with Gasteiger partial charge in [-0.1, -0.05) is 6.07 Å². The van der Waals surface area contributed by atoms with Crippen molar-refractivity contribution in [2.75, 3.05) is 19.0 Å². The van der Waals surface area contributed by atoms with E-state index in [1.807, 2.05) is 0 Å². The van der Waals surface area contributed by atoms with Gasteiger partial charge in [0.05, 0.1) is 11.8 Å². The van der Waals surface area contributed by atoms with E-state index in [1.165, 1.54) is 6.07 Å². The van der Waals surface area contributed by atoms with Crippen molar-refractivity contribution in [2.24, 2.45) is 0 Å². The maximum atomic E-state index is 13.8. The summed E-state index contributed by atoms with van der Waals surface area (Å²) in [5, 5.41) is 15.1. The number of anilines is 1. The van der Waals surface area contributed by atoms with Crippen LogP contribution in [0.3, 0.4) is 0 Å². The predicted octanol–water partition coefficient (Wildman–Crippen LogP) is 1.99. The molecule has 122 valence electrons. The molecule has 6 heteroatoms. The van der Waals surface area contributed by atoms with Crippen molar-refractivity contribution in [1.29, 1.82) is 0 Å². The van der Waals surface area contributed by atoms with E-state index in [1.54, 1.807) is 31.1 Å². The van der Waals surface area contributed by atoms with Gasteiger partial charge in [-0.15, -0.1) is 0 Å². The zero-order valence-electron chi connectivity index (χ0n) is 13.1. The molecule has 0 bridgehead atoms. The zero-order valence-corrected chi connectivity index (χ0v) is 13.1. The second-order valence-corrected chi connectivity index (χ2v) is 6.01. The Morgan fingerprint density at radius 2 is 2.00 bits per heavy atom. The van der Waals surface area contributed by atoms with Gasteiger partial charge >= 0.3 is 6.03 Å². The smallest absolute Gasteiger partial charge is 0.315 e. The Hall–Kier alpha value is -1.82. The monoisotopic (exact) mass is 309 g/mol. The van der Waals surface area contributed by atoms with Crippen molar-refractivity contribution in [3.63, 3.8) is 0 Å². The van der Waals surface area contributed by atoms with E-state index in [9.17, 15) is 14.3 Å². The molecule has 2 amide bonds. The Bertz CT molecular complexity index is 514. The second-order valence-electron chi connectivity index (χ2n) is 6.01. The highest BCUT2D eigenvalue weighted by molar-refractivity contribution is 5.74. The van der Waals surface area contributed by atoms with E-state index in [0.717, 1.165) is 31.2 Å². The van der Waals surface area contributed by atoms with Crippen LogP contribution in [0.25, 0.3) is 0 Å². The lowest BCUT2D eigenvalue weighted by Gasteiger charge is -2.26. The van der Waals surface area contributed by atoms with Gasteiger partial charge in [0.2, 0.25) is 0 Å². The van der Waals surface area contributed by atoms with Crippen molar-refractivity contribution in [3.8, 4) is 0 Å². The van der Waals surface area contributed by atoms with Crippen LogP contribution in [-0.2, 0) is 6.54 Å². The molecular weight excluding hydrogens is 285 g/mol. The standard InChI is InChI=1S/C16H24FN3O2/c1-20(2)15-8-3-11(9-14(15)17)10-18-16(22)19-12-4-6-13(21)7-5-12/h3,8-9,12-13,21H,4-7,10H2,1-2H3,(H2,18,19,22). The maximum Gasteiger partial charge on any atom is 0.315 e. The van der Waals surface area contributed by atoms with Crippen LogP contribution < -0.4 is 15.5 Å². The molecule has 0 heterocycles. The number of aliphatic hydroxyl groups excluding tert-OH is 1. The molecular formula is C16H24FN3O2. The van der Waals surface area contributed by atoms with Gasteiger partial charge in [-0.2, -0.15) is 0 Å². The Morgan fingerprint density at radius 3 is 2.59 bits per heavy atom. The number of benzene rings is 1. The molecule has 0 aromatic heterocycles. The number of halogens is 1. The highest BCUT2D eigenvalue weighted by atomic mass is 19.1. The lowest BCUT2D eigenvalue weighted by atomic mass is 9.93. The van der Waals surface area contributed by atoms with Crippen LogP contribution >= 0.6 is 0 Å². The summed E-state index contributed by atoms with van der Waals surface area (Å²) in [7, 11) is 3.57. The largest absolute Gasteiger partial charge is 0.393 e. The van der Waals surface area contributed by atoms with Crippen molar-refractivity contribution in [3.05, 3.63) is 29.6 Å². The molecule has 1 aromatic rings. The first-order chi connectivity index (χ1) is 10.5. The molecule has 1 aliphatic rings. The highest BCUT2D eigenvalue weighted by Crippen LogP contribution is 2.19. The minimum atomic E-state index is -0.300. The fourth-order valence-electron chi connectivity index (χ4n) is 2.66. The molecule has 2 rings (SSSR count). The number of carbonyl (C=O) groups is 1. The quantitative estimate of drug-likeness (QED) is 0.797. The first-order valence-electron chi connectivity index (χ1n) is 7.64. The molecule has 22 heavy (non-hydrogen) atoms. The van der Waals surface area contributed by atoms with Crippen molar-refractivity contribution in [2.45, 2.75) is 44.4 Å². The Balaban J connectivity index is 1.80. The minimum Gasteiger partial charge on any atom is -0.393 e. The normalized spacial score (nSPS) is 21.3. The number of rotatable bonds is 4. The van der Waals surface area contributed by atoms with Crippen LogP contribution in [0.2, 0.25) is 0 Å². The van der Waals surface area contributed by atoms with Gasteiger partial charge in [0.1, 0.15) is 5.82 Å². The summed E-state index contributed by atoms with van der Waals surface area (Å²) >= 11 is 0. The Kier molecular flexibility index (Phi) is 5.60. The number of carbonyl (C=O) groups excluding carboxylic acids is 1. The van der Waals surface area contributed by atoms with Crippen molar-refractivity contribution >= 4 is 11.7 Å². The zero-order chi connectivity index (χ0) is 16.1. The molecule has 0 saturated heterocycles. The molecule has 1 fully saturated rings. The van der Waals surface area contributed by atoms with E-state index >= 15 is 0 Å². The topological polar surface area (TPSA) is 64.6 Å². The van der Waals surface area contributed by atoms with Gasteiger partial charge in [-0.25, -0.2) is 9.18 Å². The number of nitrogens with one attached hydrogen (secondary N) is 2. The van der Waals surface area contributed by atoms with Gasteiger partial charge < -0.3 is 20.6 Å². The molecule has 1 aromatic carbocycles. The first kappa shape index (κ1) is 16.5. The summed E-state index contributed by atoms with van der Waals surface area (Å²) < 4.78 is 13.8. The summed E-state index contributed by atoms with van der Waals surface area (Å²) in [6, 6.07) is 4.80. The van der Waals surface area contributed by atoms with E-state index < -0.39 is 0 Å². The maximum absolute atomic E-state index is 13.8. The van der Waals surface area contributed by atoms with Crippen LogP contribution in [0.5, 0.6) is 0 Å². The van der Waals surface area contributed by atoms with E-state index in [-0.39, 0.29) is 30.5 Å². The van der Waals surface area contributed by atoms with Crippen molar-refractivity contribution < 1.29 is 14.3 Å². The van der Waals surface area contributed by atoms with Gasteiger partial charge in [-0.3, -0.25) is 0 Å². The average Bonchev–Trinajstić information content (AvgIpc) is 2.47. The predicted molar refractivity (Wildman–Crippen MR) is 84.4 cm³/mol. The number of urea groups is 1. The van der Waals surface area contributed by atoms with Gasteiger partial charge in [0.25, 0.3) is 0 Å². The molecule has 5 nitrogen and oxygen atoms in total. The van der Waals surface area contributed by atoms with Crippen LogP contribution in [0.4, 0.5) is 14.9 Å². The molecule has 1 saturated carbocycles. The van der Waals surface area contributed by atoms with Crippen molar-refractivity contribution in [1.82, 2.24) is 10.6 Å². The van der Waals surface area contributed by atoms with E-state index in [4.69, 9.17) is 0 Å². The molecule has 1 aliphatic carbocycles. The molecule has 0 atom stereocenters. The third-order valence-electron chi connectivity index (χ3n) is 3.98. The van der Waals surface area contributed by atoms with E-state index in [0.29, 0.717) is 5.69 Å². The van der Waals surface area contributed by atoms with E-state index in [2.05, 4.69) is 10.6 Å². The first-order valence-corrected chi connectivity index (χ1v) is 7.64. The number of amides is 2. The second kappa shape index (κ2) is 7.45. The fourth-order valence-corrected chi connectivity index (χ4v) is 2.66. The number of hydrogen-bond donors (Lipinski definition) is 3. The average molecular weight is 309 g/mol. The SMILES string of the molecule is CN(C)c1ccc(CNC(=O)NC2CCC(O)CC2)cc1F. The van der Waals surface area contributed by atoms with Gasteiger partial charge in [0, 0.05) is 26.7 Å². The van der Waals surface area contributed by atoms with Gasteiger partial charge in [-0.05, 0) is 43.4 Å². The fraction of sp³-hybridized carbons (Fsp3) is 0.562. The lowest BCUT2D eigenvalue weighted by molar-refractivity contribution is 0.117. The van der Waals surface area contributed by atoms with Gasteiger partial charge in [0.15, 0.2) is 0 Å². The molecule has 0 radical (unpaired) electrons. The molecule has 0 spiro atoms. The highest BCUT2D eigenvalue weighted by Gasteiger charge is 2.20. The third-order valence-corrected chi connectivity index (χ3v) is 3.98. The summed E-state index contributed by atoms with van der Waals surface area (Å²) in [6.45, 7) is 0.284. The lowest BCUT2D eigenvalue weighted by Crippen LogP contribution is -2.43. The summed E-state index contributed by atoms with van der Waals surface area (Å²) in [5.41, 5.74) is 1.24. The minimum absolute atomic E-state index is 0.108. The molecule has 3 N–H and O–H groups in total. The van der Waals surface area contributed by atoms with Crippen LogP contribution in [-0.4, -0.2) is 37.4 Å². The summed E-state index contributed by atoms with van der Waals surface area (Å²) in [5.74, 6) is -0.300. The molecule has 0 unspecified atom stereocenters. The number of aliphatic hydroxyl groups is 1. The Labute approximate surface area is 130 Å².